The first kappa shape index (κ1) is 25.4. The zero-order chi connectivity index (χ0) is 18.4. The largest absolute Gasteiger partial charge is 0.479 e. The molecule has 2 aromatic rings. The molecule has 154 valence electrons. The second kappa shape index (κ2) is 12.0. The van der Waals surface area contributed by atoms with Crippen LogP contribution in [0.5, 0.6) is 5.88 Å². The number of hydrogen-bond donors (Lipinski definition) is 2. The number of ether oxygens (including phenoxy) is 1. The van der Waals surface area contributed by atoms with Gasteiger partial charge in [0.15, 0.2) is 5.65 Å². The van der Waals surface area contributed by atoms with Gasteiger partial charge in [0.2, 0.25) is 11.8 Å². The van der Waals surface area contributed by atoms with E-state index < -0.39 is 0 Å². The predicted molar refractivity (Wildman–Crippen MR) is 114 cm³/mol. The summed E-state index contributed by atoms with van der Waals surface area (Å²) in [6, 6.07) is 0. The van der Waals surface area contributed by atoms with Gasteiger partial charge in [0, 0.05) is 32.3 Å². The molecule has 9 heteroatoms. The van der Waals surface area contributed by atoms with Crippen molar-refractivity contribution in [1.29, 1.82) is 0 Å². The highest BCUT2D eigenvalue weighted by molar-refractivity contribution is 5.86. The highest BCUT2D eigenvalue weighted by Crippen LogP contribution is 2.30. The number of nitrogens with zero attached hydrogens (tertiary/aromatic N) is 3. The first-order valence-electron chi connectivity index (χ1n) is 8.83. The van der Waals surface area contributed by atoms with Gasteiger partial charge in [-0.1, -0.05) is 6.92 Å². The van der Waals surface area contributed by atoms with E-state index in [9.17, 15) is 4.79 Å². The van der Waals surface area contributed by atoms with Crippen LogP contribution in [0.2, 0.25) is 0 Å². The SMILES string of the molecule is CCCNCCNC(=O)CCc1c(C)nc2c(c(OC)nn2C)c1C.Cl.Cl. The molecule has 2 N–H and O–H groups in total. The Morgan fingerprint density at radius 3 is 2.52 bits per heavy atom. The molecule has 0 aliphatic carbocycles. The lowest BCUT2D eigenvalue weighted by atomic mass is 10.00. The molecular formula is C18H31Cl2N5O2. The van der Waals surface area contributed by atoms with E-state index in [1.54, 1.807) is 11.8 Å². The van der Waals surface area contributed by atoms with E-state index in [0.29, 0.717) is 25.3 Å². The highest BCUT2D eigenvalue weighted by atomic mass is 35.5. The fourth-order valence-electron chi connectivity index (χ4n) is 3.03. The Balaban J connectivity index is 0.00000338. The average molecular weight is 420 g/mol. The monoisotopic (exact) mass is 419 g/mol. The summed E-state index contributed by atoms with van der Waals surface area (Å²) < 4.78 is 7.11. The molecule has 0 bridgehead atoms. The minimum atomic E-state index is 0. The molecule has 2 heterocycles. The van der Waals surface area contributed by atoms with Crippen LogP contribution in [0.1, 0.15) is 36.6 Å². The van der Waals surface area contributed by atoms with Crippen LogP contribution in [0.4, 0.5) is 0 Å². The first-order valence-corrected chi connectivity index (χ1v) is 8.83. The molecule has 0 aliphatic rings. The third-order valence-corrected chi connectivity index (χ3v) is 4.37. The molecule has 0 spiro atoms. The Bertz CT molecular complexity index is 749. The summed E-state index contributed by atoms with van der Waals surface area (Å²) in [4.78, 5) is 16.7. The number of aryl methyl sites for hydroxylation is 3. The smallest absolute Gasteiger partial charge is 0.242 e. The standard InChI is InChI=1S/C18H29N5O2.2ClH/c1-6-9-19-10-11-20-15(24)8-7-14-12(2)16-17(21-13(14)3)23(4)22-18(16)25-5;;/h19H,6-11H2,1-5H3,(H,20,24);2*1H. The summed E-state index contributed by atoms with van der Waals surface area (Å²) in [5.41, 5.74) is 3.93. The van der Waals surface area contributed by atoms with Crippen LogP contribution in [0.3, 0.4) is 0 Å². The minimum absolute atomic E-state index is 0. The normalized spacial score (nSPS) is 10.3. The van der Waals surface area contributed by atoms with Crippen LogP contribution >= 0.6 is 24.8 Å². The lowest BCUT2D eigenvalue weighted by Crippen LogP contribution is -2.32. The van der Waals surface area contributed by atoms with Gasteiger partial charge >= 0.3 is 0 Å². The Morgan fingerprint density at radius 2 is 1.89 bits per heavy atom. The van der Waals surface area contributed by atoms with E-state index in [4.69, 9.17) is 4.74 Å². The molecule has 0 unspecified atom stereocenters. The Kier molecular flexibility index (Phi) is 11.3. The van der Waals surface area contributed by atoms with E-state index >= 15 is 0 Å². The number of nitrogens with one attached hydrogen (secondary N) is 2. The van der Waals surface area contributed by atoms with Crippen molar-refractivity contribution in [3.8, 4) is 5.88 Å². The molecule has 0 fully saturated rings. The number of fused-ring (bicyclic) bond motifs is 1. The summed E-state index contributed by atoms with van der Waals surface area (Å²) in [6.45, 7) is 8.59. The number of halogens is 2. The Morgan fingerprint density at radius 1 is 1.19 bits per heavy atom. The maximum absolute atomic E-state index is 12.1. The van der Waals surface area contributed by atoms with E-state index in [2.05, 4.69) is 27.6 Å². The molecular weight excluding hydrogens is 389 g/mol. The first-order chi connectivity index (χ1) is 12.0. The third-order valence-electron chi connectivity index (χ3n) is 4.37. The van der Waals surface area contributed by atoms with Gasteiger partial charge in [-0.2, -0.15) is 0 Å². The van der Waals surface area contributed by atoms with Crippen LogP contribution in [0.25, 0.3) is 11.0 Å². The molecule has 2 aromatic heterocycles. The molecule has 0 aliphatic heterocycles. The minimum Gasteiger partial charge on any atom is -0.479 e. The van der Waals surface area contributed by atoms with Gasteiger partial charge in [-0.3, -0.25) is 4.79 Å². The number of methoxy groups -OCH3 is 1. The van der Waals surface area contributed by atoms with Crippen molar-refractivity contribution in [1.82, 2.24) is 25.4 Å². The van der Waals surface area contributed by atoms with Crippen LogP contribution in [0, 0.1) is 13.8 Å². The van der Waals surface area contributed by atoms with Gasteiger partial charge in [0.25, 0.3) is 0 Å². The van der Waals surface area contributed by atoms with Crippen molar-refractivity contribution in [3.63, 3.8) is 0 Å². The predicted octanol–water partition coefficient (Wildman–Crippen LogP) is 2.49. The third kappa shape index (κ3) is 6.23. The average Bonchev–Trinajstić information content (AvgIpc) is 2.90. The molecule has 1 amide bonds. The quantitative estimate of drug-likeness (QED) is 0.610. The second-order valence-corrected chi connectivity index (χ2v) is 6.23. The second-order valence-electron chi connectivity index (χ2n) is 6.23. The van der Waals surface area contributed by atoms with Gasteiger partial charge in [-0.15, -0.1) is 29.9 Å². The summed E-state index contributed by atoms with van der Waals surface area (Å²) >= 11 is 0. The molecule has 7 nitrogen and oxygen atoms in total. The number of rotatable bonds is 9. The number of carbonyl (C=O) groups is 1. The van der Waals surface area contributed by atoms with Crippen molar-refractivity contribution in [3.05, 3.63) is 16.8 Å². The van der Waals surface area contributed by atoms with E-state index in [1.165, 1.54) is 0 Å². The molecule has 0 radical (unpaired) electrons. The van der Waals surface area contributed by atoms with Crippen molar-refractivity contribution >= 4 is 41.8 Å². The van der Waals surface area contributed by atoms with Gasteiger partial charge in [0.1, 0.15) is 0 Å². The van der Waals surface area contributed by atoms with E-state index in [0.717, 1.165) is 47.4 Å². The van der Waals surface area contributed by atoms with E-state index in [1.807, 2.05) is 20.9 Å². The zero-order valence-electron chi connectivity index (χ0n) is 16.7. The van der Waals surface area contributed by atoms with Gasteiger partial charge in [0.05, 0.1) is 12.5 Å². The van der Waals surface area contributed by atoms with Crippen LogP contribution in [-0.2, 0) is 18.3 Å². The van der Waals surface area contributed by atoms with Crippen LogP contribution in [0.15, 0.2) is 0 Å². The van der Waals surface area contributed by atoms with Crippen molar-refractivity contribution in [2.75, 3.05) is 26.7 Å². The number of amides is 1. The van der Waals surface area contributed by atoms with Crippen molar-refractivity contribution in [2.24, 2.45) is 7.05 Å². The topological polar surface area (TPSA) is 81.1 Å². The molecule has 0 aromatic carbocycles. The molecule has 0 saturated carbocycles. The van der Waals surface area contributed by atoms with Crippen molar-refractivity contribution in [2.45, 2.75) is 40.0 Å². The zero-order valence-corrected chi connectivity index (χ0v) is 18.4. The lowest BCUT2D eigenvalue weighted by molar-refractivity contribution is -0.121. The van der Waals surface area contributed by atoms with Gasteiger partial charge < -0.3 is 15.4 Å². The maximum Gasteiger partial charge on any atom is 0.242 e. The Hall–Kier alpha value is -1.57. The van der Waals surface area contributed by atoms with Crippen LogP contribution < -0.4 is 15.4 Å². The highest BCUT2D eigenvalue weighted by Gasteiger charge is 2.18. The number of pyridine rings is 1. The number of aromatic nitrogens is 3. The summed E-state index contributed by atoms with van der Waals surface area (Å²) in [5.74, 6) is 0.644. The molecule has 27 heavy (non-hydrogen) atoms. The molecule has 0 atom stereocenters. The van der Waals surface area contributed by atoms with Crippen LogP contribution in [-0.4, -0.2) is 47.4 Å². The van der Waals surface area contributed by atoms with E-state index in [-0.39, 0.29) is 30.7 Å². The fraction of sp³-hybridized carbons (Fsp3) is 0.611. The number of carbonyl (C=O) groups excluding carboxylic acids is 1. The fourth-order valence-corrected chi connectivity index (χ4v) is 3.03. The molecule has 0 saturated heterocycles. The summed E-state index contributed by atoms with van der Waals surface area (Å²) in [5, 5.41) is 11.5. The van der Waals surface area contributed by atoms with Crippen molar-refractivity contribution < 1.29 is 9.53 Å². The number of hydrogen-bond acceptors (Lipinski definition) is 5. The lowest BCUT2D eigenvalue weighted by Gasteiger charge is -2.11. The summed E-state index contributed by atoms with van der Waals surface area (Å²) in [6.07, 6.45) is 2.21. The van der Waals surface area contributed by atoms with Gasteiger partial charge in [-0.05, 0) is 44.4 Å². The molecule has 2 rings (SSSR count). The summed E-state index contributed by atoms with van der Waals surface area (Å²) in [7, 11) is 3.47. The maximum atomic E-state index is 12.1. The Labute approximate surface area is 173 Å². The van der Waals surface area contributed by atoms with Gasteiger partial charge in [-0.25, -0.2) is 9.67 Å².